The lowest BCUT2D eigenvalue weighted by molar-refractivity contribution is 0.220. The van der Waals surface area contributed by atoms with E-state index in [1.807, 2.05) is 30.3 Å². The third-order valence-corrected chi connectivity index (χ3v) is 3.87. The van der Waals surface area contributed by atoms with E-state index in [2.05, 4.69) is 22.9 Å². The second kappa shape index (κ2) is 7.48. The third kappa shape index (κ3) is 4.22. The first kappa shape index (κ1) is 15.9. The van der Waals surface area contributed by atoms with Crippen molar-refractivity contribution < 1.29 is 9.84 Å². The molecular formula is C17H20BrNO2. The van der Waals surface area contributed by atoms with Crippen molar-refractivity contribution >= 4 is 21.6 Å². The van der Waals surface area contributed by atoms with E-state index in [-0.39, 0.29) is 0 Å². The number of nitrogens with two attached hydrogens (primary N) is 1. The second-order valence-electron chi connectivity index (χ2n) is 4.96. The van der Waals surface area contributed by atoms with E-state index in [1.54, 1.807) is 12.1 Å². The van der Waals surface area contributed by atoms with Gasteiger partial charge in [0, 0.05) is 5.69 Å². The molecule has 0 saturated heterocycles. The molecule has 4 heteroatoms. The Labute approximate surface area is 133 Å². The Morgan fingerprint density at radius 2 is 1.95 bits per heavy atom. The molecule has 0 aliphatic carbocycles. The van der Waals surface area contributed by atoms with Gasteiger partial charge in [0.1, 0.15) is 11.9 Å². The highest BCUT2D eigenvalue weighted by molar-refractivity contribution is 9.10. The number of hydrogen-bond donors (Lipinski definition) is 2. The minimum Gasteiger partial charge on any atom is -0.492 e. The summed E-state index contributed by atoms with van der Waals surface area (Å²) in [4.78, 5) is 0. The van der Waals surface area contributed by atoms with Crippen molar-refractivity contribution in [2.24, 2.45) is 0 Å². The summed E-state index contributed by atoms with van der Waals surface area (Å²) in [6.07, 6.45) is 1.43. The molecule has 0 saturated carbocycles. The SMILES string of the molecule is CCCCOc1ccc(C(O)c2cccc(N)c2)cc1Br. The van der Waals surface area contributed by atoms with E-state index in [4.69, 9.17) is 10.5 Å². The molecular weight excluding hydrogens is 330 g/mol. The number of aliphatic hydroxyl groups excluding tert-OH is 1. The molecule has 0 heterocycles. The van der Waals surface area contributed by atoms with Crippen LogP contribution in [-0.4, -0.2) is 11.7 Å². The number of aliphatic hydroxyl groups is 1. The normalized spacial score (nSPS) is 12.1. The average molecular weight is 350 g/mol. The Morgan fingerprint density at radius 1 is 1.19 bits per heavy atom. The van der Waals surface area contributed by atoms with Crippen LogP contribution in [0.5, 0.6) is 5.75 Å². The molecule has 3 N–H and O–H groups in total. The topological polar surface area (TPSA) is 55.5 Å². The van der Waals surface area contributed by atoms with Gasteiger partial charge in [0.15, 0.2) is 0 Å². The zero-order valence-electron chi connectivity index (χ0n) is 12.1. The van der Waals surface area contributed by atoms with Gasteiger partial charge >= 0.3 is 0 Å². The lowest BCUT2D eigenvalue weighted by atomic mass is 10.0. The van der Waals surface area contributed by atoms with Gasteiger partial charge in [-0.15, -0.1) is 0 Å². The number of nitrogen functional groups attached to an aromatic ring is 1. The van der Waals surface area contributed by atoms with E-state index >= 15 is 0 Å². The zero-order chi connectivity index (χ0) is 15.2. The third-order valence-electron chi connectivity index (χ3n) is 3.25. The monoisotopic (exact) mass is 349 g/mol. The lowest BCUT2D eigenvalue weighted by Crippen LogP contribution is -2.02. The summed E-state index contributed by atoms with van der Waals surface area (Å²) < 4.78 is 6.53. The molecule has 1 atom stereocenters. The predicted molar refractivity (Wildman–Crippen MR) is 89.5 cm³/mol. The Balaban J connectivity index is 2.15. The molecule has 21 heavy (non-hydrogen) atoms. The maximum Gasteiger partial charge on any atom is 0.133 e. The van der Waals surface area contributed by atoms with Crippen molar-refractivity contribution in [1.82, 2.24) is 0 Å². The highest BCUT2D eigenvalue weighted by atomic mass is 79.9. The van der Waals surface area contributed by atoms with Crippen LogP contribution >= 0.6 is 15.9 Å². The van der Waals surface area contributed by atoms with Gasteiger partial charge in [0.2, 0.25) is 0 Å². The van der Waals surface area contributed by atoms with E-state index < -0.39 is 6.10 Å². The minimum absolute atomic E-state index is 0.644. The summed E-state index contributed by atoms with van der Waals surface area (Å²) in [6.45, 7) is 2.83. The van der Waals surface area contributed by atoms with Crippen molar-refractivity contribution in [1.29, 1.82) is 0 Å². The van der Waals surface area contributed by atoms with Crippen LogP contribution in [0.1, 0.15) is 37.0 Å². The van der Waals surface area contributed by atoms with Crippen LogP contribution in [0.25, 0.3) is 0 Å². The standard InChI is InChI=1S/C17H20BrNO2/c1-2-3-9-21-16-8-7-13(11-15(16)18)17(20)12-5-4-6-14(19)10-12/h4-8,10-11,17,20H,2-3,9,19H2,1H3. The number of hydrogen-bond acceptors (Lipinski definition) is 3. The fourth-order valence-corrected chi connectivity index (χ4v) is 2.56. The van der Waals surface area contributed by atoms with Crippen LogP contribution in [0.2, 0.25) is 0 Å². The van der Waals surface area contributed by atoms with Crippen LogP contribution in [0.3, 0.4) is 0 Å². The zero-order valence-corrected chi connectivity index (χ0v) is 13.6. The van der Waals surface area contributed by atoms with Gasteiger partial charge in [-0.1, -0.05) is 31.5 Å². The Kier molecular flexibility index (Phi) is 5.65. The number of halogens is 1. The van der Waals surface area contributed by atoms with Gasteiger partial charge in [-0.25, -0.2) is 0 Å². The predicted octanol–water partition coefficient (Wildman–Crippen LogP) is 4.29. The fraction of sp³-hybridized carbons (Fsp3) is 0.294. The van der Waals surface area contributed by atoms with Crippen LogP contribution in [0.4, 0.5) is 5.69 Å². The molecule has 3 nitrogen and oxygen atoms in total. The highest BCUT2D eigenvalue weighted by Crippen LogP contribution is 2.31. The maximum atomic E-state index is 10.4. The van der Waals surface area contributed by atoms with Crippen LogP contribution < -0.4 is 10.5 Å². The van der Waals surface area contributed by atoms with Crippen LogP contribution in [-0.2, 0) is 0 Å². The first-order valence-electron chi connectivity index (χ1n) is 7.07. The number of unbranched alkanes of at least 4 members (excludes halogenated alkanes) is 1. The van der Waals surface area contributed by atoms with Crippen LogP contribution in [0, 0.1) is 0 Å². The average Bonchev–Trinajstić information content (AvgIpc) is 2.48. The largest absolute Gasteiger partial charge is 0.492 e. The molecule has 2 rings (SSSR count). The van der Waals surface area contributed by atoms with Crippen LogP contribution in [0.15, 0.2) is 46.9 Å². The van der Waals surface area contributed by atoms with Crippen molar-refractivity contribution in [3.63, 3.8) is 0 Å². The first-order valence-corrected chi connectivity index (χ1v) is 7.87. The molecule has 1 unspecified atom stereocenters. The molecule has 0 spiro atoms. The smallest absolute Gasteiger partial charge is 0.133 e. The van der Waals surface area contributed by atoms with E-state index in [1.165, 1.54) is 0 Å². The molecule has 0 radical (unpaired) electrons. The van der Waals surface area contributed by atoms with Crippen molar-refractivity contribution in [3.8, 4) is 5.75 Å². The Morgan fingerprint density at radius 3 is 2.62 bits per heavy atom. The molecule has 0 fully saturated rings. The van der Waals surface area contributed by atoms with E-state index in [9.17, 15) is 5.11 Å². The van der Waals surface area contributed by atoms with Crippen molar-refractivity contribution in [3.05, 3.63) is 58.1 Å². The molecule has 0 aliphatic rings. The lowest BCUT2D eigenvalue weighted by Gasteiger charge is -2.14. The summed E-state index contributed by atoms with van der Waals surface area (Å²) in [5.41, 5.74) is 7.98. The number of anilines is 1. The molecule has 112 valence electrons. The van der Waals surface area contributed by atoms with Crippen molar-refractivity contribution in [2.45, 2.75) is 25.9 Å². The molecule has 0 bridgehead atoms. The van der Waals surface area contributed by atoms with Gasteiger partial charge in [-0.05, 0) is 57.7 Å². The van der Waals surface area contributed by atoms with E-state index in [0.717, 1.165) is 34.2 Å². The van der Waals surface area contributed by atoms with Gasteiger partial charge in [-0.2, -0.15) is 0 Å². The second-order valence-corrected chi connectivity index (χ2v) is 5.82. The van der Waals surface area contributed by atoms with Gasteiger partial charge < -0.3 is 15.6 Å². The molecule has 2 aromatic rings. The summed E-state index contributed by atoms with van der Waals surface area (Å²) in [6, 6.07) is 12.9. The summed E-state index contributed by atoms with van der Waals surface area (Å²) in [5, 5.41) is 10.4. The Bertz CT molecular complexity index is 601. The molecule has 0 amide bonds. The van der Waals surface area contributed by atoms with Gasteiger partial charge in [0.05, 0.1) is 11.1 Å². The summed E-state index contributed by atoms with van der Waals surface area (Å²) >= 11 is 3.49. The van der Waals surface area contributed by atoms with Gasteiger partial charge in [-0.3, -0.25) is 0 Å². The molecule has 2 aromatic carbocycles. The Hall–Kier alpha value is -1.52. The number of benzene rings is 2. The first-order chi connectivity index (χ1) is 10.1. The minimum atomic E-state index is -0.700. The molecule has 0 aliphatic heterocycles. The number of rotatable bonds is 6. The fourth-order valence-electron chi connectivity index (χ4n) is 2.05. The van der Waals surface area contributed by atoms with Gasteiger partial charge in [0.25, 0.3) is 0 Å². The number of ether oxygens (including phenoxy) is 1. The maximum absolute atomic E-state index is 10.4. The van der Waals surface area contributed by atoms with Crippen molar-refractivity contribution in [2.75, 3.05) is 12.3 Å². The summed E-state index contributed by atoms with van der Waals surface area (Å²) in [7, 11) is 0. The summed E-state index contributed by atoms with van der Waals surface area (Å²) in [5.74, 6) is 0.798. The molecule has 0 aromatic heterocycles. The quantitative estimate of drug-likeness (QED) is 0.604. The highest BCUT2D eigenvalue weighted by Gasteiger charge is 2.12. The van der Waals surface area contributed by atoms with E-state index in [0.29, 0.717) is 12.3 Å².